The fourth-order valence-electron chi connectivity index (χ4n) is 2.26. The lowest BCUT2D eigenvalue weighted by Gasteiger charge is -2.38. The summed E-state index contributed by atoms with van der Waals surface area (Å²) in [5, 5.41) is 3.25. The highest BCUT2D eigenvalue weighted by atomic mass is 16.1. The summed E-state index contributed by atoms with van der Waals surface area (Å²) in [5.41, 5.74) is -0.0253. The van der Waals surface area contributed by atoms with E-state index >= 15 is 0 Å². The fraction of sp³-hybridized carbons (Fsp3) is 0.667. The minimum atomic E-state index is -0.0253. The highest BCUT2D eigenvalue weighted by Crippen LogP contribution is 2.38. The Bertz CT molecular complexity index is 462. The summed E-state index contributed by atoms with van der Waals surface area (Å²) in [6, 6.07) is 2.11. The number of nitrogens with one attached hydrogen (secondary N) is 2. The Balaban J connectivity index is 1.91. The average molecular weight is 234 g/mol. The fourth-order valence-corrected chi connectivity index (χ4v) is 2.26. The van der Waals surface area contributed by atoms with Crippen LogP contribution in [0.1, 0.15) is 31.5 Å². The van der Waals surface area contributed by atoms with Gasteiger partial charge in [0, 0.05) is 31.6 Å². The van der Waals surface area contributed by atoms with Crippen LogP contribution in [-0.2, 0) is 0 Å². The number of anilines is 1. The molecule has 2 aliphatic rings. The van der Waals surface area contributed by atoms with Gasteiger partial charge in [0.25, 0.3) is 5.56 Å². The minimum absolute atomic E-state index is 0.0253. The smallest absolute Gasteiger partial charge is 0.252 e. The Morgan fingerprint density at radius 1 is 1.47 bits per heavy atom. The number of hydrogen-bond acceptors (Lipinski definition) is 4. The number of rotatable bonds is 4. The predicted octanol–water partition coefficient (Wildman–Crippen LogP) is 0.445. The second kappa shape index (κ2) is 4.14. The van der Waals surface area contributed by atoms with Crippen molar-refractivity contribution in [1.82, 2.24) is 15.3 Å². The third-order valence-electron chi connectivity index (χ3n) is 3.55. The van der Waals surface area contributed by atoms with Gasteiger partial charge in [-0.1, -0.05) is 0 Å². The number of likely N-dealkylation sites (N-methyl/N-ethyl adjacent to an activating group) is 1. The van der Waals surface area contributed by atoms with Crippen LogP contribution in [0.4, 0.5) is 5.82 Å². The lowest BCUT2D eigenvalue weighted by molar-refractivity contribution is 0.415. The lowest BCUT2D eigenvalue weighted by atomic mass is 10.1. The molecule has 2 fully saturated rings. The van der Waals surface area contributed by atoms with Crippen LogP contribution in [0, 0.1) is 0 Å². The summed E-state index contributed by atoms with van der Waals surface area (Å²) < 4.78 is 0. The molecule has 1 aliphatic carbocycles. The van der Waals surface area contributed by atoms with Gasteiger partial charge in [0.1, 0.15) is 11.6 Å². The maximum Gasteiger partial charge on any atom is 0.252 e. The van der Waals surface area contributed by atoms with E-state index < -0.39 is 0 Å². The molecule has 1 aromatic heterocycles. The molecule has 1 saturated heterocycles. The van der Waals surface area contributed by atoms with Crippen LogP contribution in [0.2, 0.25) is 0 Å². The topological polar surface area (TPSA) is 61.0 Å². The molecule has 92 valence electrons. The summed E-state index contributed by atoms with van der Waals surface area (Å²) in [7, 11) is 0. The van der Waals surface area contributed by atoms with Crippen LogP contribution in [0.3, 0.4) is 0 Å². The maximum absolute atomic E-state index is 11.7. The Hall–Kier alpha value is -1.36. The molecule has 2 heterocycles. The summed E-state index contributed by atoms with van der Waals surface area (Å²) >= 11 is 0. The summed E-state index contributed by atoms with van der Waals surface area (Å²) in [6.07, 6.45) is 2.31. The molecule has 3 rings (SSSR count). The first-order chi connectivity index (χ1) is 8.28. The molecule has 1 aromatic rings. The van der Waals surface area contributed by atoms with Gasteiger partial charge in [0.2, 0.25) is 0 Å². The molecular weight excluding hydrogens is 216 g/mol. The van der Waals surface area contributed by atoms with Crippen molar-refractivity contribution in [2.24, 2.45) is 0 Å². The van der Waals surface area contributed by atoms with Gasteiger partial charge in [-0.2, -0.15) is 0 Å². The van der Waals surface area contributed by atoms with Gasteiger partial charge in [-0.05, 0) is 19.8 Å². The second-order valence-electron chi connectivity index (χ2n) is 4.86. The molecule has 0 unspecified atom stereocenters. The molecule has 2 N–H and O–H groups in total. The third-order valence-corrected chi connectivity index (χ3v) is 3.55. The van der Waals surface area contributed by atoms with Gasteiger partial charge >= 0.3 is 0 Å². The van der Waals surface area contributed by atoms with E-state index in [1.165, 1.54) is 0 Å². The third kappa shape index (κ3) is 2.07. The van der Waals surface area contributed by atoms with Crippen molar-refractivity contribution in [1.29, 1.82) is 0 Å². The van der Waals surface area contributed by atoms with E-state index in [2.05, 4.69) is 27.1 Å². The van der Waals surface area contributed by atoms with Crippen LogP contribution < -0.4 is 15.8 Å². The molecule has 0 radical (unpaired) electrons. The van der Waals surface area contributed by atoms with E-state index in [1.54, 1.807) is 6.07 Å². The van der Waals surface area contributed by atoms with Gasteiger partial charge in [-0.25, -0.2) is 4.98 Å². The molecule has 0 atom stereocenters. The summed E-state index contributed by atoms with van der Waals surface area (Å²) in [5.74, 6) is 2.20. The van der Waals surface area contributed by atoms with Gasteiger partial charge in [-0.15, -0.1) is 0 Å². The van der Waals surface area contributed by atoms with Crippen molar-refractivity contribution >= 4 is 5.82 Å². The number of aromatic nitrogens is 2. The second-order valence-corrected chi connectivity index (χ2v) is 4.86. The number of aromatic amines is 1. The normalized spacial score (nSPS) is 20.1. The Morgan fingerprint density at radius 2 is 2.24 bits per heavy atom. The van der Waals surface area contributed by atoms with Crippen LogP contribution in [-0.4, -0.2) is 35.6 Å². The van der Waals surface area contributed by atoms with E-state index in [0.29, 0.717) is 12.0 Å². The summed E-state index contributed by atoms with van der Waals surface area (Å²) in [6.45, 7) is 4.98. The molecule has 5 nitrogen and oxygen atoms in total. The van der Waals surface area contributed by atoms with E-state index in [0.717, 1.165) is 44.1 Å². The van der Waals surface area contributed by atoms with Crippen molar-refractivity contribution in [2.45, 2.75) is 31.7 Å². The van der Waals surface area contributed by atoms with Crippen LogP contribution in [0.15, 0.2) is 10.9 Å². The molecule has 0 spiro atoms. The number of hydrogen-bond donors (Lipinski definition) is 2. The van der Waals surface area contributed by atoms with Crippen molar-refractivity contribution in [3.05, 3.63) is 22.2 Å². The first-order valence-corrected chi connectivity index (χ1v) is 6.36. The minimum Gasteiger partial charge on any atom is -0.351 e. The van der Waals surface area contributed by atoms with Crippen molar-refractivity contribution in [2.75, 3.05) is 24.5 Å². The van der Waals surface area contributed by atoms with E-state index in [1.807, 2.05) is 0 Å². The Kier molecular flexibility index (Phi) is 2.63. The zero-order chi connectivity index (χ0) is 11.8. The van der Waals surface area contributed by atoms with Crippen LogP contribution >= 0.6 is 0 Å². The molecule has 17 heavy (non-hydrogen) atoms. The molecule has 0 amide bonds. The zero-order valence-electron chi connectivity index (χ0n) is 10.1. The van der Waals surface area contributed by atoms with Crippen LogP contribution in [0.5, 0.6) is 0 Å². The standard InChI is InChI=1S/C12H18N4O/c1-2-16(9-6-13-7-9)10-5-11(17)15-12(14-10)8-3-4-8/h5,8-9,13H,2-4,6-7H2,1H3,(H,14,15,17). The largest absolute Gasteiger partial charge is 0.351 e. The summed E-state index contributed by atoms with van der Waals surface area (Å²) in [4.78, 5) is 21.3. The zero-order valence-corrected chi connectivity index (χ0v) is 10.1. The van der Waals surface area contributed by atoms with Crippen molar-refractivity contribution < 1.29 is 0 Å². The quantitative estimate of drug-likeness (QED) is 0.794. The average Bonchev–Trinajstić information content (AvgIpc) is 3.05. The SMILES string of the molecule is CCN(c1cc(=O)[nH]c(C2CC2)n1)C1CNC1. The number of nitrogens with zero attached hydrogens (tertiary/aromatic N) is 2. The maximum atomic E-state index is 11.7. The van der Waals surface area contributed by atoms with Gasteiger partial charge < -0.3 is 15.2 Å². The molecule has 1 aliphatic heterocycles. The predicted molar refractivity (Wildman–Crippen MR) is 66.5 cm³/mol. The number of H-pyrrole nitrogens is 1. The first kappa shape index (κ1) is 10.8. The molecule has 5 heteroatoms. The van der Waals surface area contributed by atoms with Gasteiger partial charge in [0.15, 0.2) is 0 Å². The molecule has 1 saturated carbocycles. The van der Waals surface area contributed by atoms with Crippen molar-refractivity contribution in [3.63, 3.8) is 0 Å². The van der Waals surface area contributed by atoms with E-state index in [-0.39, 0.29) is 5.56 Å². The molecule has 0 aromatic carbocycles. The highest BCUT2D eigenvalue weighted by molar-refractivity contribution is 5.40. The van der Waals surface area contributed by atoms with Gasteiger partial charge in [-0.3, -0.25) is 4.79 Å². The molecular formula is C12H18N4O. The highest BCUT2D eigenvalue weighted by Gasteiger charge is 2.29. The first-order valence-electron chi connectivity index (χ1n) is 6.36. The Morgan fingerprint density at radius 3 is 2.76 bits per heavy atom. The molecule has 0 bridgehead atoms. The van der Waals surface area contributed by atoms with Gasteiger partial charge in [0.05, 0.1) is 6.04 Å². The van der Waals surface area contributed by atoms with E-state index in [9.17, 15) is 4.79 Å². The monoisotopic (exact) mass is 234 g/mol. The Labute approximate surface area is 100 Å². The van der Waals surface area contributed by atoms with E-state index in [4.69, 9.17) is 0 Å². The lowest BCUT2D eigenvalue weighted by Crippen LogP contribution is -2.57. The van der Waals surface area contributed by atoms with Crippen LogP contribution in [0.25, 0.3) is 0 Å². The van der Waals surface area contributed by atoms with Crippen molar-refractivity contribution in [3.8, 4) is 0 Å².